The Bertz CT molecular complexity index is 683. The quantitative estimate of drug-likeness (QED) is 0.519. The summed E-state index contributed by atoms with van der Waals surface area (Å²) in [4.78, 5) is 11.9. The molecule has 1 saturated heterocycles. The number of ether oxygens (including phenoxy) is 1. The van der Waals surface area contributed by atoms with Gasteiger partial charge in [-0.3, -0.25) is 4.79 Å². The van der Waals surface area contributed by atoms with Crippen LogP contribution in [0, 0.1) is 34.5 Å². The molecule has 4 fully saturated rings. The molecule has 0 unspecified atom stereocenters. The van der Waals surface area contributed by atoms with E-state index in [1.54, 1.807) is 5.57 Å². The molecule has 5 aliphatic rings. The summed E-state index contributed by atoms with van der Waals surface area (Å²) in [5, 5.41) is 10.2. The minimum atomic E-state index is -0.234. The highest BCUT2D eigenvalue weighted by Gasteiger charge is 2.62. The molecule has 0 aromatic heterocycles. The summed E-state index contributed by atoms with van der Waals surface area (Å²) in [7, 11) is 0. The zero-order chi connectivity index (χ0) is 19.0. The van der Waals surface area contributed by atoms with E-state index in [2.05, 4.69) is 26.8 Å². The Kier molecular flexibility index (Phi) is 3.94. The lowest BCUT2D eigenvalue weighted by molar-refractivity contribution is -0.158. The van der Waals surface area contributed by atoms with Crippen LogP contribution in [0.15, 0.2) is 11.6 Å². The molecule has 150 valence electrons. The van der Waals surface area contributed by atoms with Gasteiger partial charge in [-0.1, -0.05) is 25.5 Å². The monoisotopic (exact) mass is 372 g/mol. The topological polar surface area (TPSA) is 46.5 Å². The number of hydrogen-bond acceptors (Lipinski definition) is 3. The van der Waals surface area contributed by atoms with Crippen molar-refractivity contribution in [2.75, 3.05) is 0 Å². The smallest absolute Gasteiger partial charge is 0.306 e. The SMILES string of the molecule is C[C@]12CC[C@H]3[C@@H](CC=C4C[C@@H](O)CC[C@@]43C)[C@H]1CC[C@H]2[C@@]1(C)CCC(=O)O1. The van der Waals surface area contributed by atoms with Crippen LogP contribution in [-0.4, -0.2) is 22.8 Å². The zero-order valence-corrected chi connectivity index (χ0v) is 17.3. The van der Waals surface area contributed by atoms with Crippen LogP contribution >= 0.6 is 0 Å². The van der Waals surface area contributed by atoms with Gasteiger partial charge in [0.25, 0.3) is 0 Å². The fourth-order valence-corrected chi connectivity index (χ4v) is 8.60. The Balaban J connectivity index is 1.44. The predicted molar refractivity (Wildman–Crippen MR) is 105 cm³/mol. The molecule has 0 bridgehead atoms. The summed E-state index contributed by atoms with van der Waals surface area (Å²) in [6.45, 7) is 7.23. The molecule has 0 spiro atoms. The standard InChI is InChI=1S/C24H36O3/c1-22-11-8-16(25)14-15(22)4-5-17-18-6-7-20(23(18,2)12-9-19(17)22)24(3)13-10-21(26)27-24/h4,16-20,25H,5-14H2,1-3H3/t16-,17-,18+,19-,20+,22-,23-,24+/m0/s1. The van der Waals surface area contributed by atoms with Crippen LogP contribution < -0.4 is 0 Å². The fraction of sp³-hybridized carbons (Fsp3) is 0.875. The van der Waals surface area contributed by atoms with Crippen LogP contribution in [0.2, 0.25) is 0 Å². The first-order chi connectivity index (χ1) is 12.8. The fourth-order valence-electron chi connectivity index (χ4n) is 8.60. The van der Waals surface area contributed by atoms with Gasteiger partial charge in [0.15, 0.2) is 0 Å². The molecular formula is C24H36O3. The molecule has 1 N–H and O–H groups in total. The highest BCUT2D eigenvalue weighted by atomic mass is 16.6. The first-order valence-electron chi connectivity index (χ1n) is 11.4. The van der Waals surface area contributed by atoms with Gasteiger partial charge in [0.2, 0.25) is 0 Å². The number of aliphatic hydroxyl groups is 1. The molecule has 1 heterocycles. The van der Waals surface area contributed by atoms with Gasteiger partial charge in [-0.2, -0.15) is 0 Å². The molecule has 3 heteroatoms. The Labute approximate surface area is 163 Å². The molecule has 3 nitrogen and oxygen atoms in total. The number of hydrogen-bond donors (Lipinski definition) is 1. The molecule has 3 saturated carbocycles. The molecule has 0 amide bonds. The number of esters is 1. The third-order valence-electron chi connectivity index (χ3n) is 9.99. The maximum Gasteiger partial charge on any atom is 0.306 e. The number of rotatable bonds is 1. The molecule has 4 aliphatic carbocycles. The van der Waals surface area contributed by atoms with E-state index in [1.807, 2.05) is 0 Å². The minimum Gasteiger partial charge on any atom is -0.459 e. The first-order valence-corrected chi connectivity index (χ1v) is 11.4. The van der Waals surface area contributed by atoms with Crippen molar-refractivity contribution in [2.24, 2.45) is 34.5 Å². The number of allylic oxidation sites excluding steroid dienone is 1. The minimum absolute atomic E-state index is 0.0109. The van der Waals surface area contributed by atoms with Crippen molar-refractivity contribution in [3.05, 3.63) is 11.6 Å². The van der Waals surface area contributed by atoms with Crippen LogP contribution in [0.4, 0.5) is 0 Å². The van der Waals surface area contributed by atoms with E-state index in [-0.39, 0.29) is 17.7 Å². The van der Waals surface area contributed by atoms with E-state index in [0.717, 1.165) is 43.4 Å². The Morgan fingerprint density at radius 1 is 1.04 bits per heavy atom. The van der Waals surface area contributed by atoms with Gasteiger partial charge in [0.05, 0.1) is 6.10 Å². The average molecular weight is 373 g/mol. The normalized spacial score (nSPS) is 54.6. The first kappa shape index (κ1) is 18.2. The number of cyclic esters (lactones) is 1. The number of carbonyl (C=O) groups is 1. The molecule has 1 aliphatic heterocycles. The van der Waals surface area contributed by atoms with Gasteiger partial charge in [-0.25, -0.2) is 0 Å². The van der Waals surface area contributed by atoms with E-state index in [4.69, 9.17) is 4.74 Å². The van der Waals surface area contributed by atoms with Gasteiger partial charge in [0, 0.05) is 12.3 Å². The maximum atomic E-state index is 11.9. The lowest BCUT2D eigenvalue weighted by Gasteiger charge is -2.58. The van der Waals surface area contributed by atoms with Crippen molar-refractivity contribution in [3.8, 4) is 0 Å². The molecule has 27 heavy (non-hydrogen) atoms. The molecule has 0 aromatic carbocycles. The maximum absolute atomic E-state index is 11.9. The Morgan fingerprint density at radius 2 is 1.85 bits per heavy atom. The van der Waals surface area contributed by atoms with Gasteiger partial charge in [0.1, 0.15) is 5.60 Å². The Morgan fingerprint density at radius 3 is 2.59 bits per heavy atom. The van der Waals surface area contributed by atoms with Crippen molar-refractivity contribution < 1.29 is 14.6 Å². The van der Waals surface area contributed by atoms with E-state index < -0.39 is 0 Å². The number of fused-ring (bicyclic) bond motifs is 5. The predicted octanol–water partition coefficient (Wildman–Crippen LogP) is 5.02. The average Bonchev–Trinajstić information content (AvgIpc) is 3.15. The van der Waals surface area contributed by atoms with Crippen molar-refractivity contribution >= 4 is 5.97 Å². The molecule has 0 radical (unpaired) electrons. The van der Waals surface area contributed by atoms with Crippen molar-refractivity contribution in [2.45, 2.75) is 96.7 Å². The number of aliphatic hydroxyl groups excluding tert-OH is 1. The highest BCUT2D eigenvalue weighted by molar-refractivity contribution is 5.72. The highest BCUT2D eigenvalue weighted by Crippen LogP contribution is 2.68. The van der Waals surface area contributed by atoms with E-state index in [0.29, 0.717) is 23.2 Å². The molecule has 0 aromatic rings. The largest absolute Gasteiger partial charge is 0.459 e. The summed E-state index contributed by atoms with van der Waals surface area (Å²) in [5.41, 5.74) is 1.95. The van der Waals surface area contributed by atoms with Gasteiger partial charge < -0.3 is 9.84 Å². The summed E-state index contributed by atoms with van der Waals surface area (Å²) in [5.74, 6) is 2.85. The number of carbonyl (C=O) groups excluding carboxylic acids is 1. The molecule has 8 atom stereocenters. The van der Waals surface area contributed by atoms with Crippen LogP contribution in [0.25, 0.3) is 0 Å². The van der Waals surface area contributed by atoms with Gasteiger partial charge >= 0.3 is 5.97 Å². The van der Waals surface area contributed by atoms with E-state index in [1.165, 1.54) is 32.1 Å². The van der Waals surface area contributed by atoms with Crippen LogP contribution in [0.1, 0.15) is 85.0 Å². The Hall–Kier alpha value is -0.830. The van der Waals surface area contributed by atoms with Gasteiger partial charge in [-0.05, 0) is 93.3 Å². The second-order valence-corrected chi connectivity index (χ2v) is 11.1. The van der Waals surface area contributed by atoms with E-state index in [9.17, 15) is 9.90 Å². The lowest BCUT2D eigenvalue weighted by Crippen LogP contribution is -2.53. The third-order valence-corrected chi connectivity index (χ3v) is 9.99. The summed E-state index contributed by atoms with van der Waals surface area (Å²) < 4.78 is 5.92. The molecular weight excluding hydrogens is 336 g/mol. The summed E-state index contributed by atoms with van der Waals surface area (Å²) in [6.07, 6.45) is 13.2. The van der Waals surface area contributed by atoms with Crippen molar-refractivity contribution in [1.29, 1.82) is 0 Å². The second-order valence-electron chi connectivity index (χ2n) is 11.1. The van der Waals surface area contributed by atoms with Crippen molar-refractivity contribution in [1.82, 2.24) is 0 Å². The van der Waals surface area contributed by atoms with Crippen LogP contribution in [-0.2, 0) is 9.53 Å². The van der Waals surface area contributed by atoms with Gasteiger partial charge in [-0.15, -0.1) is 0 Å². The van der Waals surface area contributed by atoms with E-state index >= 15 is 0 Å². The summed E-state index contributed by atoms with van der Waals surface area (Å²) in [6, 6.07) is 0. The molecule has 5 rings (SSSR count). The van der Waals surface area contributed by atoms with Crippen LogP contribution in [0.5, 0.6) is 0 Å². The van der Waals surface area contributed by atoms with Crippen molar-refractivity contribution in [3.63, 3.8) is 0 Å². The summed E-state index contributed by atoms with van der Waals surface area (Å²) >= 11 is 0. The van der Waals surface area contributed by atoms with Crippen LogP contribution in [0.3, 0.4) is 0 Å². The second kappa shape index (κ2) is 5.84. The zero-order valence-electron chi connectivity index (χ0n) is 17.3. The third kappa shape index (κ3) is 2.46. The lowest BCUT2D eigenvalue weighted by atomic mass is 9.46.